The minimum absolute atomic E-state index is 0.0410. The minimum atomic E-state index is -2.10. The highest BCUT2D eigenvalue weighted by Gasteiger charge is 2.09. The molecular formula is C13H14ClN3. The number of aromatic nitrogens is 2. The van der Waals surface area contributed by atoms with Gasteiger partial charge in [-0.2, -0.15) is 0 Å². The summed E-state index contributed by atoms with van der Waals surface area (Å²) in [6.07, 6.45) is -0.157. The molecule has 2 N–H and O–H groups in total. The molecule has 0 amide bonds. The lowest BCUT2D eigenvalue weighted by Crippen LogP contribution is -2.00. The van der Waals surface area contributed by atoms with E-state index < -0.39 is 6.85 Å². The average Bonchev–Trinajstić information content (AvgIpc) is 2.29. The van der Waals surface area contributed by atoms with Gasteiger partial charge in [-0.25, -0.2) is 9.97 Å². The summed E-state index contributed by atoms with van der Waals surface area (Å²) in [5.74, 6) is 0.0410. The van der Waals surface area contributed by atoms with Crippen LogP contribution in [-0.4, -0.2) is 9.97 Å². The second-order valence-electron chi connectivity index (χ2n) is 3.72. The third-order valence-corrected chi connectivity index (χ3v) is 2.95. The van der Waals surface area contributed by atoms with Crippen molar-refractivity contribution in [3.63, 3.8) is 0 Å². The third-order valence-electron chi connectivity index (χ3n) is 2.45. The van der Waals surface area contributed by atoms with Gasteiger partial charge in [0.2, 0.25) is 5.95 Å². The topological polar surface area (TPSA) is 51.8 Å². The molecule has 0 saturated carbocycles. The molecule has 4 heteroatoms. The molecule has 17 heavy (non-hydrogen) atoms. The van der Waals surface area contributed by atoms with Gasteiger partial charge in [-0.3, -0.25) is 0 Å². The number of hydrogen-bond donors (Lipinski definition) is 1. The predicted octanol–water partition coefficient (Wildman–Crippen LogP) is 3.25. The standard InChI is InChI=1S/C13H14ClN3/c1-3-9-7-11(17-13(15)16-9)10-6-4-5-8(2)12(10)14/h4-7H,3H2,1-2H3,(H2,15,16,17)/i1D3. The summed E-state index contributed by atoms with van der Waals surface area (Å²) < 4.78 is 21.9. The van der Waals surface area contributed by atoms with Gasteiger partial charge in [0.1, 0.15) is 0 Å². The maximum absolute atomic E-state index is 7.30. The number of nitrogens with two attached hydrogens (primary N) is 1. The molecule has 0 bridgehead atoms. The number of aryl methyl sites for hydroxylation is 2. The largest absolute Gasteiger partial charge is 0.368 e. The second-order valence-corrected chi connectivity index (χ2v) is 4.09. The van der Waals surface area contributed by atoms with Crippen LogP contribution >= 0.6 is 11.6 Å². The van der Waals surface area contributed by atoms with Crippen molar-refractivity contribution < 1.29 is 4.11 Å². The van der Waals surface area contributed by atoms with Crippen molar-refractivity contribution in [1.29, 1.82) is 0 Å². The SMILES string of the molecule is [2H]C([2H])([2H])Cc1cc(-c2cccc(C)c2Cl)nc(N)n1. The molecule has 2 aromatic rings. The Balaban J connectivity index is 2.50. The Kier molecular flexibility index (Phi) is 2.35. The quantitative estimate of drug-likeness (QED) is 0.890. The zero-order valence-corrected chi connectivity index (χ0v) is 10.1. The van der Waals surface area contributed by atoms with E-state index in [-0.39, 0.29) is 12.4 Å². The Hall–Kier alpha value is -1.61. The summed E-state index contributed by atoms with van der Waals surface area (Å²) in [5, 5.41) is 0.574. The normalized spacial score (nSPS) is 13.9. The molecular weight excluding hydrogens is 234 g/mol. The van der Waals surface area contributed by atoms with Gasteiger partial charge >= 0.3 is 0 Å². The van der Waals surface area contributed by atoms with E-state index in [4.69, 9.17) is 21.4 Å². The zero-order chi connectivity index (χ0) is 14.9. The average molecular weight is 251 g/mol. The molecule has 0 aliphatic heterocycles. The van der Waals surface area contributed by atoms with Crippen LogP contribution in [0.3, 0.4) is 0 Å². The van der Waals surface area contributed by atoms with Crippen LogP contribution in [0.15, 0.2) is 24.3 Å². The molecule has 0 aliphatic rings. The summed E-state index contributed by atoms with van der Waals surface area (Å²) in [6, 6.07) is 7.18. The maximum atomic E-state index is 7.30. The van der Waals surface area contributed by atoms with E-state index >= 15 is 0 Å². The van der Waals surface area contributed by atoms with Crippen molar-refractivity contribution in [1.82, 2.24) is 9.97 Å². The van der Waals surface area contributed by atoms with Gasteiger partial charge in [0, 0.05) is 15.4 Å². The van der Waals surface area contributed by atoms with Crippen LogP contribution < -0.4 is 5.73 Å². The van der Waals surface area contributed by atoms with E-state index in [1.807, 2.05) is 25.1 Å². The Morgan fingerprint density at radius 1 is 1.41 bits per heavy atom. The number of benzene rings is 1. The van der Waals surface area contributed by atoms with Gasteiger partial charge in [-0.05, 0) is 25.0 Å². The first-order valence-electron chi connectivity index (χ1n) is 6.65. The summed E-state index contributed by atoms with van der Waals surface area (Å²) in [7, 11) is 0. The minimum Gasteiger partial charge on any atom is -0.368 e. The van der Waals surface area contributed by atoms with Crippen molar-refractivity contribution >= 4 is 17.5 Å². The van der Waals surface area contributed by atoms with Crippen molar-refractivity contribution in [2.75, 3.05) is 5.73 Å². The first kappa shape index (κ1) is 8.48. The van der Waals surface area contributed by atoms with Crippen LogP contribution in [0.5, 0.6) is 0 Å². The smallest absolute Gasteiger partial charge is 0.220 e. The number of nitrogens with zero attached hydrogens (tertiary/aromatic N) is 2. The van der Waals surface area contributed by atoms with Gasteiger partial charge in [-0.15, -0.1) is 0 Å². The first-order valence-corrected chi connectivity index (χ1v) is 5.53. The Morgan fingerprint density at radius 2 is 2.24 bits per heavy atom. The third kappa shape index (κ3) is 2.39. The van der Waals surface area contributed by atoms with Crippen LogP contribution in [0.1, 0.15) is 22.2 Å². The molecule has 2 rings (SSSR count). The van der Waals surface area contributed by atoms with Crippen molar-refractivity contribution in [3.05, 3.63) is 40.5 Å². The van der Waals surface area contributed by atoms with Crippen molar-refractivity contribution in [2.45, 2.75) is 20.2 Å². The molecule has 88 valence electrons. The summed E-state index contributed by atoms with van der Waals surface area (Å²) >= 11 is 6.25. The Bertz CT molecular complexity index is 641. The van der Waals surface area contributed by atoms with Crippen LogP contribution in [0.4, 0.5) is 5.95 Å². The molecule has 1 aromatic heterocycles. The van der Waals surface area contributed by atoms with E-state index in [1.165, 1.54) is 0 Å². The molecule has 0 atom stereocenters. The number of rotatable bonds is 2. The molecule has 1 aromatic carbocycles. The molecule has 0 unspecified atom stereocenters. The molecule has 0 spiro atoms. The van der Waals surface area contributed by atoms with Crippen LogP contribution in [0.25, 0.3) is 11.3 Å². The van der Waals surface area contributed by atoms with Gasteiger partial charge in [-0.1, -0.05) is 36.7 Å². The fourth-order valence-electron chi connectivity index (χ4n) is 1.59. The lowest BCUT2D eigenvalue weighted by Gasteiger charge is -2.08. The van der Waals surface area contributed by atoms with Gasteiger partial charge in [0.15, 0.2) is 0 Å². The molecule has 0 fully saturated rings. The first-order chi connectivity index (χ1) is 9.26. The number of hydrogen-bond acceptors (Lipinski definition) is 3. The highest BCUT2D eigenvalue weighted by atomic mass is 35.5. The monoisotopic (exact) mass is 250 g/mol. The molecule has 0 radical (unpaired) electrons. The number of anilines is 1. The fourth-order valence-corrected chi connectivity index (χ4v) is 1.81. The number of halogens is 1. The summed E-state index contributed by atoms with van der Waals surface area (Å²) in [5.41, 5.74) is 8.20. The Labute approximate surface area is 110 Å². The lowest BCUT2D eigenvalue weighted by molar-refractivity contribution is 1.01. The van der Waals surface area contributed by atoms with Gasteiger partial charge in [0.25, 0.3) is 0 Å². The molecule has 0 aliphatic carbocycles. The fraction of sp³-hybridized carbons (Fsp3) is 0.231. The van der Waals surface area contributed by atoms with E-state index in [9.17, 15) is 0 Å². The van der Waals surface area contributed by atoms with Gasteiger partial charge in [0.05, 0.1) is 10.7 Å². The lowest BCUT2D eigenvalue weighted by atomic mass is 10.1. The Morgan fingerprint density at radius 3 is 3.00 bits per heavy atom. The zero-order valence-electron chi connectivity index (χ0n) is 12.4. The molecule has 3 nitrogen and oxygen atoms in total. The summed E-state index contributed by atoms with van der Waals surface area (Å²) in [6.45, 7) is -0.214. The van der Waals surface area contributed by atoms with E-state index in [0.717, 1.165) is 5.56 Å². The predicted molar refractivity (Wildman–Crippen MR) is 71.0 cm³/mol. The van der Waals surface area contributed by atoms with Crippen molar-refractivity contribution in [3.8, 4) is 11.3 Å². The van der Waals surface area contributed by atoms with Crippen LogP contribution in [-0.2, 0) is 6.42 Å². The number of nitrogen functional groups attached to an aromatic ring is 1. The van der Waals surface area contributed by atoms with Crippen LogP contribution in [0.2, 0.25) is 5.02 Å². The maximum Gasteiger partial charge on any atom is 0.220 e. The highest BCUT2D eigenvalue weighted by Crippen LogP contribution is 2.29. The van der Waals surface area contributed by atoms with Crippen molar-refractivity contribution in [2.24, 2.45) is 0 Å². The van der Waals surface area contributed by atoms with Crippen LogP contribution in [0, 0.1) is 6.92 Å². The highest BCUT2D eigenvalue weighted by molar-refractivity contribution is 6.34. The van der Waals surface area contributed by atoms with E-state index in [0.29, 0.717) is 22.0 Å². The van der Waals surface area contributed by atoms with Gasteiger partial charge < -0.3 is 5.73 Å². The van der Waals surface area contributed by atoms with E-state index in [1.54, 1.807) is 6.07 Å². The molecule has 1 heterocycles. The van der Waals surface area contributed by atoms with E-state index in [2.05, 4.69) is 9.97 Å². The summed E-state index contributed by atoms with van der Waals surface area (Å²) in [4.78, 5) is 8.09. The second kappa shape index (κ2) is 4.72. The molecule has 0 saturated heterocycles.